The fraction of sp³-hybridized carbons (Fsp3) is 0.269. The van der Waals surface area contributed by atoms with E-state index in [0.717, 1.165) is 30.5 Å². The summed E-state index contributed by atoms with van der Waals surface area (Å²) in [6.07, 6.45) is 9.10. The largest absolute Gasteiger partial charge is 0.494 e. The Bertz CT molecular complexity index is 1290. The molecule has 1 aliphatic carbocycles. The fourth-order valence-corrected chi connectivity index (χ4v) is 4.40. The van der Waals surface area contributed by atoms with Gasteiger partial charge in [0.05, 0.1) is 7.11 Å². The molecule has 5 nitrogen and oxygen atoms in total. The molecule has 4 aromatic rings. The van der Waals surface area contributed by atoms with Gasteiger partial charge in [0.1, 0.15) is 28.7 Å². The third-order valence-electron chi connectivity index (χ3n) is 6.09. The van der Waals surface area contributed by atoms with Crippen LogP contribution in [0, 0.1) is 11.6 Å². The van der Waals surface area contributed by atoms with Crippen LogP contribution in [0.3, 0.4) is 0 Å². The van der Waals surface area contributed by atoms with Crippen LogP contribution < -0.4 is 10.1 Å². The molecule has 0 atom stereocenters. The standard InChI is InChI=1S/C26H24F2N4O/c1-33-23-13-17(20-14-18(27)9-10-22(20)28)12-21-24(23)31-25(16-6-5-11-29-15-16)32-26(21)30-19-7-3-2-4-8-19/h5-6,9-15,19H,2-4,7-8H2,1H3,(H,30,31,32). The van der Waals surface area contributed by atoms with Gasteiger partial charge in [0.2, 0.25) is 0 Å². The van der Waals surface area contributed by atoms with Crippen LogP contribution in [0.5, 0.6) is 5.75 Å². The van der Waals surface area contributed by atoms with Gasteiger partial charge in [-0.25, -0.2) is 18.7 Å². The lowest BCUT2D eigenvalue weighted by Crippen LogP contribution is -2.23. The molecule has 5 rings (SSSR count). The van der Waals surface area contributed by atoms with Crippen molar-refractivity contribution >= 4 is 16.7 Å². The Kier molecular flexibility index (Phi) is 5.86. The molecule has 0 unspecified atom stereocenters. The number of pyridine rings is 1. The van der Waals surface area contributed by atoms with Gasteiger partial charge in [-0.15, -0.1) is 0 Å². The number of halogens is 2. The van der Waals surface area contributed by atoms with Gasteiger partial charge in [-0.3, -0.25) is 4.98 Å². The van der Waals surface area contributed by atoms with Crippen LogP contribution in [-0.2, 0) is 0 Å². The predicted molar refractivity (Wildman–Crippen MR) is 125 cm³/mol. The third kappa shape index (κ3) is 4.35. The number of nitrogens with zero attached hydrogens (tertiary/aromatic N) is 3. The number of hydrogen-bond acceptors (Lipinski definition) is 5. The molecule has 1 aliphatic rings. The summed E-state index contributed by atoms with van der Waals surface area (Å²) >= 11 is 0. The number of ether oxygens (including phenoxy) is 1. The number of aromatic nitrogens is 3. The van der Waals surface area contributed by atoms with Gasteiger partial charge in [-0.05, 0) is 60.9 Å². The number of methoxy groups -OCH3 is 1. The highest BCUT2D eigenvalue weighted by molar-refractivity contribution is 5.98. The molecule has 0 spiro atoms. The van der Waals surface area contributed by atoms with Crippen LogP contribution in [0.2, 0.25) is 0 Å². The van der Waals surface area contributed by atoms with Crippen LogP contribution in [0.15, 0.2) is 54.9 Å². The van der Waals surface area contributed by atoms with Crippen molar-refractivity contribution in [2.24, 2.45) is 0 Å². The van der Waals surface area contributed by atoms with Gasteiger partial charge in [-0.2, -0.15) is 0 Å². The maximum atomic E-state index is 14.6. The molecule has 0 bridgehead atoms. The lowest BCUT2D eigenvalue weighted by Gasteiger charge is -2.24. The quantitative estimate of drug-likeness (QED) is 0.385. The van der Waals surface area contributed by atoms with Gasteiger partial charge in [0.15, 0.2) is 5.82 Å². The summed E-state index contributed by atoms with van der Waals surface area (Å²) < 4.78 is 34.2. The van der Waals surface area contributed by atoms with Crippen molar-refractivity contribution in [1.29, 1.82) is 0 Å². The molecule has 33 heavy (non-hydrogen) atoms. The summed E-state index contributed by atoms with van der Waals surface area (Å²) in [5.41, 5.74) is 2.05. The van der Waals surface area contributed by atoms with Crippen molar-refractivity contribution in [1.82, 2.24) is 15.0 Å². The van der Waals surface area contributed by atoms with Crippen LogP contribution in [0.25, 0.3) is 33.4 Å². The Morgan fingerprint density at radius 1 is 0.970 bits per heavy atom. The molecule has 2 aromatic heterocycles. The van der Waals surface area contributed by atoms with Crippen LogP contribution >= 0.6 is 0 Å². The summed E-state index contributed by atoms with van der Waals surface area (Å²) in [4.78, 5) is 13.8. The Hall–Kier alpha value is -3.61. The third-order valence-corrected chi connectivity index (χ3v) is 6.09. The van der Waals surface area contributed by atoms with Crippen molar-refractivity contribution in [3.63, 3.8) is 0 Å². The SMILES string of the molecule is COc1cc(-c2cc(F)ccc2F)cc2c(NC3CCCCC3)nc(-c3cccnc3)nc12. The van der Waals surface area contributed by atoms with Gasteiger partial charge in [0, 0.05) is 34.9 Å². The minimum Gasteiger partial charge on any atom is -0.494 e. The number of nitrogens with one attached hydrogen (secondary N) is 1. The molecule has 0 saturated heterocycles. The van der Waals surface area contributed by atoms with Crippen LogP contribution in [-0.4, -0.2) is 28.1 Å². The highest BCUT2D eigenvalue weighted by Gasteiger charge is 2.20. The number of fused-ring (bicyclic) bond motifs is 1. The van der Waals surface area contributed by atoms with E-state index in [0.29, 0.717) is 39.9 Å². The number of anilines is 1. The number of benzene rings is 2. The molecule has 2 aromatic carbocycles. The topological polar surface area (TPSA) is 59.9 Å². The zero-order valence-electron chi connectivity index (χ0n) is 18.3. The molecule has 0 radical (unpaired) electrons. The minimum absolute atomic E-state index is 0.162. The second-order valence-corrected chi connectivity index (χ2v) is 8.32. The Balaban J connectivity index is 1.72. The predicted octanol–water partition coefficient (Wildman–Crippen LogP) is 6.39. The first-order valence-electron chi connectivity index (χ1n) is 11.1. The summed E-state index contributed by atoms with van der Waals surface area (Å²) in [6.45, 7) is 0. The zero-order valence-corrected chi connectivity index (χ0v) is 18.3. The average Bonchev–Trinajstić information content (AvgIpc) is 2.86. The first-order chi connectivity index (χ1) is 16.1. The van der Waals surface area contributed by atoms with E-state index < -0.39 is 11.6 Å². The number of rotatable bonds is 5. The van der Waals surface area contributed by atoms with Crippen molar-refractivity contribution in [3.05, 3.63) is 66.5 Å². The molecule has 0 amide bonds. The summed E-state index contributed by atoms with van der Waals surface area (Å²) in [5, 5.41) is 4.30. The molecule has 7 heteroatoms. The molecule has 1 saturated carbocycles. The van der Waals surface area contributed by atoms with Gasteiger partial charge in [-0.1, -0.05) is 19.3 Å². The Labute approximate surface area is 190 Å². The van der Waals surface area contributed by atoms with E-state index in [4.69, 9.17) is 14.7 Å². The summed E-state index contributed by atoms with van der Waals surface area (Å²) in [6, 6.07) is 10.9. The average molecular weight is 447 g/mol. The van der Waals surface area contributed by atoms with E-state index in [1.165, 1.54) is 25.3 Å². The minimum atomic E-state index is -0.507. The van der Waals surface area contributed by atoms with Gasteiger partial charge in [0.25, 0.3) is 0 Å². The van der Waals surface area contributed by atoms with Crippen molar-refractivity contribution in [2.45, 2.75) is 38.1 Å². The molecule has 1 N–H and O–H groups in total. The van der Waals surface area contributed by atoms with E-state index in [1.54, 1.807) is 31.6 Å². The van der Waals surface area contributed by atoms with Crippen LogP contribution in [0.1, 0.15) is 32.1 Å². The molecule has 2 heterocycles. The van der Waals surface area contributed by atoms with Crippen molar-refractivity contribution < 1.29 is 13.5 Å². The normalized spacial score (nSPS) is 14.4. The number of hydrogen-bond donors (Lipinski definition) is 1. The smallest absolute Gasteiger partial charge is 0.163 e. The van der Waals surface area contributed by atoms with E-state index in [2.05, 4.69) is 10.3 Å². The highest BCUT2D eigenvalue weighted by atomic mass is 19.1. The lowest BCUT2D eigenvalue weighted by molar-refractivity contribution is 0.419. The summed E-state index contributed by atoms with van der Waals surface area (Å²) in [7, 11) is 1.54. The van der Waals surface area contributed by atoms with Crippen LogP contribution in [0.4, 0.5) is 14.6 Å². The maximum Gasteiger partial charge on any atom is 0.163 e. The monoisotopic (exact) mass is 446 g/mol. The highest BCUT2D eigenvalue weighted by Crippen LogP contribution is 2.37. The molecule has 1 fully saturated rings. The van der Waals surface area contributed by atoms with E-state index in [1.807, 2.05) is 12.1 Å². The molecule has 168 valence electrons. The Morgan fingerprint density at radius 3 is 2.58 bits per heavy atom. The first kappa shape index (κ1) is 21.2. The molecule has 0 aliphatic heterocycles. The second-order valence-electron chi connectivity index (χ2n) is 8.32. The first-order valence-corrected chi connectivity index (χ1v) is 11.1. The van der Waals surface area contributed by atoms with Gasteiger partial charge < -0.3 is 10.1 Å². The van der Waals surface area contributed by atoms with E-state index in [9.17, 15) is 8.78 Å². The second kappa shape index (κ2) is 9.10. The molecular weight excluding hydrogens is 422 g/mol. The van der Waals surface area contributed by atoms with E-state index in [-0.39, 0.29) is 5.56 Å². The van der Waals surface area contributed by atoms with Crippen molar-refractivity contribution in [3.8, 4) is 28.3 Å². The van der Waals surface area contributed by atoms with E-state index >= 15 is 0 Å². The fourth-order valence-electron chi connectivity index (χ4n) is 4.40. The molecular formula is C26H24F2N4O. The maximum absolute atomic E-state index is 14.6. The zero-order chi connectivity index (χ0) is 22.8. The lowest BCUT2D eigenvalue weighted by atomic mass is 9.95. The van der Waals surface area contributed by atoms with Gasteiger partial charge >= 0.3 is 0 Å². The summed E-state index contributed by atoms with van der Waals surface area (Å²) in [5.74, 6) is 0.631. The van der Waals surface area contributed by atoms with Crippen molar-refractivity contribution in [2.75, 3.05) is 12.4 Å². The Morgan fingerprint density at radius 2 is 1.82 bits per heavy atom.